The molecule has 0 spiro atoms. The summed E-state index contributed by atoms with van der Waals surface area (Å²) in [4.78, 5) is 4.37. The molecule has 106 valence electrons. The standard InChI is InChI=1S/C15H19N3O2/c19-11-15(6-7-15)10-16-9-14-17-13(18-20-14)8-12-4-2-1-3-5-12/h1-5,16,19H,6-11H2. The molecule has 1 aromatic heterocycles. The van der Waals surface area contributed by atoms with E-state index in [2.05, 4.69) is 15.5 Å². The summed E-state index contributed by atoms with van der Waals surface area (Å²) in [6.07, 6.45) is 2.88. The molecule has 5 heteroatoms. The minimum absolute atomic E-state index is 0.104. The van der Waals surface area contributed by atoms with Gasteiger partial charge in [0.1, 0.15) is 0 Å². The van der Waals surface area contributed by atoms with Crippen molar-refractivity contribution >= 4 is 0 Å². The van der Waals surface area contributed by atoms with Crippen molar-refractivity contribution in [2.75, 3.05) is 13.2 Å². The van der Waals surface area contributed by atoms with Crippen molar-refractivity contribution in [3.05, 3.63) is 47.6 Å². The van der Waals surface area contributed by atoms with Crippen LogP contribution in [0.5, 0.6) is 0 Å². The molecule has 0 bridgehead atoms. The average Bonchev–Trinajstić information content (AvgIpc) is 3.13. The molecule has 2 N–H and O–H groups in total. The van der Waals surface area contributed by atoms with E-state index in [9.17, 15) is 5.11 Å². The number of nitrogens with one attached hydrogen (secondary N) is 1. The topological polar surface area (TPSA) is 71.2 Å². The number of hydrogen-bond acceptors (Lipinski definition) is 5. The molecule has 5 nitrogen and oxygen atoms in total. The molecular weight excluding hydrogens is 254 g/mol. The first-order valence-electron chi connectivity index (χ1n) is 6.97. The highest BCUT2D eigenvalue weighted by atomic mass is 16.5. The van der Waals surface area contributed by atoms with Gasteiger partial charge in [0.2, 0.25) is 5.89 Å². The molecule has 1 saturated carbocycles. The molecule has 1 aliphatic rings. The van der Waals surface area contributed by atoms with E-state index in [1.54, 1.807) is 0 Å². The van der Waals surface area contributed by atoms with Crippen molar-refractivity contribution in [2.45, 2.75) is 25.8 Å². The van der Waals surface area contributed by atoms with Crippen LogP contribution in [-0.4, -0.2) is 28.4 Å². The van der Waals surface area contributed by atoms with Gasteiger partial charge in [-0.15, -0.1) is 0 Å². The molecule has 0 amide bonds. The van der Waals surface area contributed by atoms with Crippen molar-refractivity contribution in [1.29, 1.82) is 0 Å². The molecule has 20 heavy (non-hydrogen) atoms. The van der Waals surface area contributed by atoms with E-state index >= 15 is 0 Å². The van der Waals surface area contributed by atoms with Crippen LogP contribution in [0.1, 0.15) is 30.1 Å². The van der Waals surface area contributed by atoms with E-state index in [4.69, 9.17) is 4.52 Å². The quantitative estimate of drug-likeness (QED) is 0.800. The van der Waals surface area contributed by atoms with Gasteiger partial charge < -0.3 is 14.9 Å². The van der Waals surface area contributed by atoms with Crippen molar-refractivity contribution < 1.29 is 9.63 Å². The van der Waals surface area contributed by atoms with Gasteiger partial charge in [-0.3, -0.25) is 0 Å². The average molecular weight is 273 g/mol. The molecule has 1 heterocycles. The maximum Gasteiger partial charge on any atom is 0.240 e. The van der Waals surface area contributed by atoms with Gasteiger partial charge in [-0.25, -0.2) is 0 Å². The zero-order valence-electron chi connectivity index (χ0n) is 11.4. The lowest BCUT2D eigenvalue weighted by Gasteiger charge is -2.10. The minimum atomic E-state index is 0.104. The van der Waals surface area contributed by atoms with Crippen LogP contribution in [0.15, 0.2) is 34.9 Å². The van der Waals surface area contributed by atoms with Gasteiger partial charge in [-0.05, 0) is 18.4 Å². The Kier molecular flexibility index (Phi) is 3.80. The maximum absolute atomic E-state index is 9.23. The van der Waals surface area contributed by atoms with E-state index in [0.29, 0.717) is 24.7 Å². The highest BCUT2D eigenvalue weighted by Crippen LogP contribution is 2.44. The lowest BCUT2D eigenvalue weighted by atomic mass is 10.1. The fourth-order valence-electron chi connectivity index (χ4n) is 2.21. The predicted molar refractivity (Wildman–Crippen MR) is 74.0 cm³/mol. The highest BCUT2D eigenvalue weighted by Gasteiger charge is 2.41. The smallest absolute Gasteiger partial charge is 0.240 e. The Morgan fingerprint density at radius 3 is 2.75 bits per heavy atom. The molecule has 0 radical (unpaired) electrons. The highest BCUT2D eigenvalue weighted by molar-refractivity contribution is 5.18. The van der Waals surface area contributed by atoms with Gasteiger partial charge in [0.15, 0.2) is 5.82 Å². The third kappa shape index (κ3) is 3.23. The SMILES string of the molecule is OCC1(CNCc2nc(Cc3ccccc3)no2)CC1. The number of aromatic nitrogens is 2. The van der Waals surface area contributed by atoms with Gasteiger partial charge in [-0.2, -0.15) is 4.98 Å². The van der Waals surface area contributed by atoms with E-state index in [-0.39, 0.29) is 12.0 Å². The van der Waals surface area contributed by atoms with E-state index in [1.807, 2.05) is 30.3 Å². The molecule has 1 aromatic carbocycles. The molecule has 0 atom stereocenters. The molecule has 3 rings (SSSR count). The summed E-state index contributed by atoms with van der Waals surface area (Å²) >= 11 is 0. The predicted octanol–water partition coefficient (Wildman–Crippen LogP) is 1.52. The Bertz CT molecular complexity index is 549. The molecule has 1 fully saturated rings. The largest absolute Gasteiger partial charge is 0.396 e. The second-order valence-corrected chi connectivity index (χ2v) is 5.53. The van der Waals surface area contributed by atoms with Crippen LogP contribution >= 0.6 is 0 Å². The molecule has 0 aliphatic heterocycles. The van der Waals surface area contributed by atoms with Gasteiger partial charge in [0, 0.05) is 25.0 Å². The van der Waals surface area contributed by atoms with Crippen LogP contribution in [-0.2, 0) is 13.0 Å². The fourth-order valence-corrected chi connectivity index (χ4v) is 2.21. The summed E-state index contributed by atoms with van der Waals surface area (Å²) in [7, 11) is 0. The Labute approximate surface area is 118 Å². The molecule has 1 aliphatic carbocycles. The first-order chi connectivity index (χ1) is 9.80. The van der Waals surface area contributed by atoms with Crippen molar-refractivity contribution in [1.82, 2.24) is 15.5 Å². The monoisotopic (exact) mass is 273 g/mol. The minimum Gasteiger partial charge on any atom is -0.396 e. The third-order valence-electron chi connectivity index (χ3n) is 3.78. The van der Waals surface area contributed by atoms with Crippen LogP contribution in [0, 0.1) is 5.41 Å². The van der Waals surface area contributed by atoms with Crippen LogP contribution in [0.4, 0.5) is 0 Å². The summed E-state index contributed by atoms with van der Waals surface area (Å²) < 4.78 is 5.22. The Morgan fingerprint density at radius 2 is 2.05 bits per heavy atom. The first-order valence-corrected chi connectivity index (χ1v) is 6.97. The summed E-state index contributed by atoms with van der Waals surface area (Å²) in [5, 5.41) is 16.5. The Balaban J connectivity index is 1.49. The zero-order valence-corrected chi connectivity index (χ0v) is 11.4. The van der Waals surface area contributed by atoms with Crippen LogP contribution < -0.4 is 5.32 Å². The Hall–Kier alpha value is -1.72. The number of nitrogens with zero attached hydrogens (tertiary/aromatic N) is 2. The van der Waals surface area contributed by atoms with E-state index < -0.39 is 0 Å². The number of aliphatic hydroxyl groups excluding tert-OH is 1. The Morgan fingerprint density at radius 1 is 1.25 bits per heavy atom. The lowest BCUT2D eigenvalue weighted by molar-refractivity contribution is 0.206. The lowest BCUT2D eigenvalue weighted by Crippen LogP contribution is -2.26. The summed E-state index contributed by atoms with van der Waals surface area (Å²) in [5.41, 5.74) is 1.28. The van der Waals surface area contributed by atoms with Gasteiger partial charge in [0.05, 0.1) is 6.54 Å². The second-order valence-electron chi connectivity index (χ2n) is 5.53. The van der Waals surface area contributed by atoms with Gasteiger partial charge in [-0.1, -0.05) is 35.5 Å². The normalized spacial score (nSPS) is 16.2. The number of benzene rings is 1. The molecule has 0 saturated heterocycles. The zero-order chi connectivity index (χ0) is 13.8. The van der Waals surface area contributed by atoms with Crippen molar-refractivity contribution in [2.24, 2.45) is 5.41 Å². The number of rotatable bonds is 7. The first kappa shape index (κ1) is 13.3. The van der Waals surface area contributed by atoms with E-state index in [0.717, 1.165) is 19.4 Å². The molecule has 0 unspecified atom stereocenters. The number of aliphatic hydroxyl groups is 1. The van der Waals surface area contributed by atoms with Crippen molar-refractivity contribution in [3.63, 3.8) is 0 Å². The molecular formula is C15H19N3O2. The summed E-state index contributed by atoms with van der Waals surface area (Å²) in [5.74, 6) is 1.31. The van der Waals surface area contributed by atoms with Gasteiger partial charge >= 0.3 is 0 Å². The van der Waals surface area contributed by atoms with Crippen LogP contribution in [0.2, 0.25) is 0 Å². The van der Waals surface area contributed by atoms with Crippen molar-refractivity contribution in [3.8, 4) is 0 Å². The van der Waals surface area contributed by atoms with Crippen LogP contribution in [0.25, 0.3) is 0 Å². The summed E-state index contributed by atoms with van der Waals surface area (Å²) in [6.45, 7) is 1.62. The molecule has 2 aromatic rings. The van der Waals surface area contributed by atoms with Crippen LogP contribution in [0.3, 0.4) is 0 Å². The number of hydrogen-bond donors (Lipinski definition) is 2. The third-order valence-corrected chi connectivity index (χ3v) is 3.78. The fraction of sp³-hybridized carbons (Fsp3) is 0.467. The second kappa shape index (κ2) is 5.73. The summed E-state index contributed by atoms with van der Waals surface area (Å²) in [6, 6.07) is 10.1. The van der Waals surface area contributed by atoms with E-state index in [1.165, 1.54) is 5.56 Å². The van der Waals surface area contributed by atoms with Gasteiger partial charge in [0.25, 0.3) is 0 Å². The maximum atomic E-state index is 9.23.